The molecule has 1 N–H and O–H groups in total. The number of sulfonamides is 1. The van der Waals surface area contributed by atoms with E-state index in [4.69, 9.17) is 4.52 Å². The summed E-state index contributed by atoms with van der Waals surface area (Å²) >= 11 is 0. The minimum atomic E-state index is -3.88. The molecule has 1 amide bonds. The molecule has 0 aliphatic carbocycles. The molecule has 0 unspecified atom stereocenters. The number of carbonyl (C=O) groups is 1. The Hall–Kier alpha value is -3.23. The second-order valence-corrected chi connectivity index (χ2v) is 10.1. The van der Waals surface area contributed by atoms with Gasteiger partial charge in [0.25, 0.3) is 0 Å². The summed E-state index contributed by atoms with van der Waals surface area (Å²) in [5, 5.41) is 6.80. The third-order valence-electron chi connectivity index (χ3n) is 5.73. The monoisotopic (exact) mass is 465 g/mol. The van der Waals surface area contributed by atoms with Crippen LogP contribution in [-0.2, 0) is 14.8 Å². The van der Waals surface area contributed by atoms with Gasteiger partial charge in [0.1, 0.15) is 5.69 Å². The van der Waals surface area contributed by atoms with Gasteiger partial charge < -0.3 is 9.84 Å². The summed E-state index contributed by atoms with van der Waals surface area (Å²) in [6.07, 6.45) is 4.64. The molecule has 172 valence electrons. The molecule has 1 fully saturated rings. The SMILES string of the molecule is Cc1ccc(NC(=O)[C@@H]2CCCN(S(=O)(=O)c3c(C)noc3/C=C/c3ccccc3)C2)cc1. The number of amides is 1. The summed E-state index contributed by atoms with van der Waals surface area (Å²) < 4.78 is 33.8. The molecule has 1 saturated heterocycles. The fourth-order valence-corrected chi connectivity index (χ4v) is 5.69. The molecule has 4 rings (SSSR count). The zero-order chi connectivity index (χ0) is 23.4. The highest BCUT2D eigenvalue weighted by Gasteiger charge is 2.36. The van der Waals surface area contributed by atoms with Crippen molar-refractivity contribution < 1.29 is 17.7 Å². The molecule has 0 saturated carbocycles. The van der Waals surface area contributed by atoms with Gasteiger partial charge in [0.05, 0.1) is 5.92 Å². The standard InChI is InChI=1S/C25H27N3O4S/c1-18-10-13-22(14-11-18)26-25(29)21-9-6-16-28(17-21)33(30,31)24-19(2)27-32-23(24)15-12-20-7-4-3-5-8-20/h3-5,7-8,10-15,21H,6,9,16-17H2,1-2H3,(H,26,29)/b15-12+/t21-/m1/s1. The third-order valence-corrected chi connectivity index (χ3v) is 7.76. The fraction of sp³-hybridized carbons (Fsp3) is 0.280. The summed E-state index contributed by atoms with van der Waals surface area (Å²) in [5.74, 6) is -0.425. The van der Waals surface area contributed by atoms with Gasteiger partial charge in [0, 0.05) is 18.8 Å². The van der Waals surface area contributed by atoms with Gasteiger partial charge in [-0.05, 0) is 50.5 Å². The summed E-state index contributed by atoms with van der Waals surface area (Å²) in [7, 11) is -3.88. The lowest BCUT2D eigenvalue weighted by Gasteiger charge is -2.31. The molecule has 33 heavy (non-hydrogen) atoms. The first-order valence-corrected chi connectivity index (χ1v) is 12.4. The van der Waals surface area contributed by atoms with Crippen molar-refractivity contribution in [1.82, 2.24) is 9.46 Å². The highest BCUT2D eigenvalue weighted by Crippen LogP contribution is 2.29. The molecular formula is C25H27N3O4S. The number of aryl methyl sites for hydroxylation is 2. The predicted octanol–water partition coefficient (Wildman–Crippen LogP) is 4.50. The Labute approximate surface area is 194 Å². The van der Waals surface area contributed by atoms with Crippen molar-refractivity contribution in [2.75, 3.05) is 18.4 Å². The zero-order valence-electron chi connectivity index (χ0n) is 18.7. The van der Waals surface area contributed by atoms with E-state index in [0.29, 0.717) is 30.8 Å². The maximum atomic E-state index is 13.5. The number of hydrogen-bond acceptors (Lipinski definition) is 5. The molecule has 1 atom stereocenters. The molecule has 2 aromatic carbocycles. The van der Waals surface area contributed by atoms with Gasteiger partial charge in [-0.25, -0.2) is 8.42 Å². The number of rotatable bonds is 6. The molecular weight excluding hydrogens is 438 g/mol. The first-order chi connectivity index (χ1) is 15.8. The van der Waals surface area contributed by atoms with Crippen LogP contribution in [0.25, 0.3) is 12.2 Å². The van der Waals surface area contributed by atoms with Crippen LogP contribution in [0.2, 0.25) is 0 Å². The summed E-state index contributed by atoms with van der Waals surface area (Å²) in [4.78, 5) is 12.9. The lowest BCUT2D eigenvalue weighted by atomic mass is 9.98. The quantitative estimate of drug-likeness (QED) is 0.579. The molecule has 0 bridgehead atoms. The first kappa shape index (κ1) is 22.9. The van der Waals surface area contributed by atoms with Crippen molar-refractivity contribution in [2.24, 2.45) is 5.92 Å². The molecule has 8 heteroatoms. The van der Waals surface area contributed by atoms with Gasteiger partial charge in [-0.2, -0.15) is 4.31 Å². The number of piperidine rings is 1. The van der Waals surface area contributed by atoms with Gasteiger partial charge in [-0.1, -0.05) is 59.3 Å². The largest absolute Gasteiger partial charge is 0.355 e. The van der Waals surface area contributed by atoms with Gasteiger partial charge >= 0.3 is 0 Å². The average Bonchev–Trinajstić information content (AvgIpc) is 3.21. The Balaban J connectivity index is 1.52. The number of hydrogen-bond donors (Lipinski definition) is 1. The van der Waals surface area contributed by atoms with Crippen LogP contribution in [0.1, 0.15) is 35.4 Å². The minimum Gasteiger partial charge on any atom is -0.355 e. The van der Waals surface area contributed by atoms with E-state index >= 15 is 0 Å². The van der Waals surface area contributed by atoms with Crippen molar-refractivity contribution in [3.63, 3.8) is 0 Å². The number of anilines is 1. The molecule has 1 aromatic heterocycles. The van der Waals surface area contributed by atoms with Gasteiger partial charge in [0.15, 0.2) is 10.7 Å². The molecule has 7 nitrogen and oxygen atoms in total. The Morgan fingerprint density at radius 3 is 2.55 bits per heavy atom. The van der Waals surface area contributed by atoms with Crippen molar-refractivity contribution in [3.8, 4) is 0 Å². The average molecular weight is 466 g/mol. The Morgan fingerprint density at radius 2 is 1.82 bits per heavy atom. The Kier molecular flexibility index (Phi) is 6.76. The Morgan fingerprint density at radius 1 is 1.09 bits per heavy atom. The zero-order valence-corrected chi connectivity index (χ0v) is 19.5. The van der Waals surface area contributed by atoms with E-state index in [-0.39, 0.29) is 23.1 Å². The fourth-order valence-electron chi connectivity index (χ4n) is 3.92. The van der Waals surface area contributed by atoms with Crippen LogP contribution < -0.4 is 5.32 Å². The lowest BCUT2D eigenvalue weighted by Crippen LogP contribution is -2.43. The number of nitrogens with one attached hydrogen (secondary N) is 1. The number of aromatic nitrogens is 1. The molecule has 1 aliphatic heterocycles. The van der Waals surface area contributed by atoms with Crippen LogP contribution in [0.15, 0.2) is 64.0 Å². The van der Waals surface area contributed by atoms with Crippen molar-refractivity contribution in [1.29, 1.82) is 0 Å². The second kappa shape index (κ2) is 9.72. The van der Waals surface area contributed by atoms with Gasteiger partial charge in [-0.3, -0.25) is 4.79 Å². The van der Waals surface area contributed by atoms with E-state index in [9.17, 15) is 13.2 Å². The van der Waals surface area contributed by atoms with Crippen LogP contribution in [0, 0.1) is 19.8 Å². The van der Waals surface area contributed by atoms with Crippen LogP contribution >= 0.6 is 0 Å². The molecule has 0 spiro atoms. The summed E-state index contributed by atoms with van der Waals surface area (Å²) in [6.45, 7) is 4.06. The van der Waals surface area contributed by atoms with Crippen LogP contribution in [0.5, 0.6) is 0 Å². The van der Waals surface area contributed by atoms with E-state index < -0.39 is 15.9 Å². The highest BCUT2D eigenvalue weighted by atomic mass is 32.2. The maximum Gasteiger partial charge on any atom is 0.248 e. The van der Waals surface area contributed by atoms with E-state index in [0.717, 1.165) is 11.1 Å². The summed E-state index contributed by atoms with van der Waals surface area (Å²) in [5.41, 5.74) is 3.02. The highest BCUT2D eigenvalue weighted by molar-refractivity contribution is 7.89. The van der Waals surface area contributed by atoms with Gasteiger partial charge in [0.2, 0.25) is 15.9 Å². The molecule has 3 aromatic rings. The Bertz CT molecular complexity index is 1250. The maximum absolute atomic E-state index is 13.5. The van der Waals surface area contributed by atoms with Crippen LogP contribution in [0.3, 0.4) is 0 Å². The molecule has 2 heterocycles. The van der Waals surface area contributed by atoms with Crippen LogP contribution in [-0.4, -0.2) is 36.9 Å². The molecule has 1 aliphatic rings. The van der Waals surface area contributed by atoms with E-state index in [2.05, 4.69) is 10.5 Å². The van der Waals surface area contributed by atoms with Crippen molar-refractivity contribution in [2.45, 2.75) is 31.6 Å². The number of nitrogens with zero attached hydrogens (tertiary/aromatic N) is 2. The smallest absolute Gasteiger partial charge is 0.248 e. The number of carbonyl (C=O) groups excluding carboxylic acids is 1. The lowest BCUT2D eigenvalue weighted by molar-refractivity contribution is -0.120. The molecule has 0 radical (unpaired) electrons. The van der Waals surface area contributed by atoms with E-state index in [1.807, 2.05) is 61.5 Å². The predicted molar refractivity (Wildman–Crippen MR) is 128 cm³/mol. The summed E-state index contributed by atoms with van der Waals surface area (Å²) in [6, 6.07) is 17.1. The minimum absolute atomic E-state index is 0.0503. The third kappa shape index (κ3) is 5.23. The van der Waals surface area contributed by atoms with Crippen LogP contribution in [0.4, 0.5) is 5.69 Å². The topological polar surface area (TPSA) is 92.5 Å². The van der Waals surface area contributed by atoms with Gasteiger partial charge in [-0.15, -0.1) is 0 Å². The second-order valence-electron chi connectivity index (χ2n) is 8.26. The van der Waals surface area contributed by atoms with Crippen molar-refractivity contribution in [3.05, 3.63) is 77.2 Å². The number of benzene rings is 2. The van der Waals surface area contributed by atoms with Crippen molar-refractivity contribution >= 4 is 33.8 Å². The van der Waals surface area contributed by atoms with E-state index in [1.165, 1.54) is 4.31 Å². The van der Waals surface area contributed by atoms with E-state index in [1.54, 1.807) is 19.1 Å². The first-order valence-electron chi connectivity index (χ1n) is 10.9. The normalized spacial score (nSPS) is 17.3.